The van der Waals surface area contributed by atoms with Gasteiger partial charge in [-0.25, -0.2) is 19.8 Å². The van der Waals surface area contributed by atoms with Crippen molar-refractivity contribution in [3.63, 3.8) is 0 Å². The first-order valence-corrected chi connectivity index (χ1v) is 7.59. The van der Waals surface area contributed by atoms with Gasteiger partial charge >= 0.3 is 5.69 Å². The Morgan fingerprint density at radius 2 is 1.83 bits per heavy atom. The molecule has 124 valence electrons. The Morgan fingerprint density at radius 3 is 2.50 bits per heavy atom. The van der Waals surface area contributed by atoms with Crippen molar-refractivity contribution >= 4 is 16.7 Å². The molecular formula is C17H19N5O2. The van der Waals surface area contributed by atoms with E-state index >= 15 is 0 Å². The Balaban J connectivity index is 1.99. The van der Waals surface area contributed by atoms with E-state index in [9.17, 15) is 9.59 Å². The maximum absolute atomic E-state index is 12.6. The minimum atomic E-state index is -0.492. The standard InChI is InChI=1S/C17H19N5O2/c1-17(2,3)21-20-14-9-8-11(10-18-14)22-15(23)12-6-4-5-7-13(12)19-16(22)24/h4-10,21H,1-3H3,(H,18,20)(H,19,24). The molecule has 0 saturated carbocycles. The Morgan fingerprint density at radius 1 is 1.08 bits per heavy atom. The van der Waals surface area contributed by atoms with Crippen molar-refractivity contribution < 1.29 is 0 Å². The maximum atomic E-state index is 12.6. The van der Waals surface area contributed by atoms with Gasteiger partial charge in [-0.3, -0.25) is 4.79 Å². The van der Waals surface area contributed by atoms with Gasteiger partial charge in [0.15, 0.2) is 0 Å². The Bertz CT molecular complexity index is 981. The summed E-state index contributed by atoms with van der Waals surface area (Å²) in [5.41, 5.74) is 6.03. The molecule has 0 atom stereocenters. The molecule has 3 aromatic rings. The average molecular weight is 325 g/mol. The summed E-state index contributed by atoms with van der Waals surface area (Å²) in [7, 11) is 0. The van der Waals surface area contributed by atoms with Crippen LogP contribution < -0.4 is 22.1 Å². The minimum absolute atomic E-state index is 0.118. The second-order valence-corrected chi connectivity index (χ2v) is 6.52. The number of rotatable bonds is 3. The first-order chi connectivity index (χ1) is 11.3. The Labute approximate surface area is 138 Å². The van der Waals surface area contributed by atoms with Crippen LogP contribution in [0.4, 0.5) is 5.82 Å². The highest BCUT2D eigenvalue weighted by molar-refractivity contribution is 5.77. The molecule has 2 aromatic heterocycles. The van der Waals surface area contributed by atoms with Crippen LogP contribution in [0.3, 0.4) is 0 Å². The number of nitrogens with one attached hydrogen (secondary N) is 3. The number of hydrogen-bond acceptors (Lipinski definition) is 5. The normalized spacial score (nSPS) is 11.6. The molecule has 0 aliphatic rings. The highest BCUT2D eigenvalue weighted by Crippen LogP contribution is 2.09. The third kappa shape index (κ3) is 3.21. The van der Waals surface area contributed by atoms with Gasteiger partial charge < -0.3 is 10.4 Å². The molecule has 0 spiro atoms. The lowest BCUT2D eigenvalue weighted by atomic mass is 10.1. The summed E-state index contributed by atoms with van der Waals surface area (Å²) < 4.78 is 1.08. The van der Waals surface area contributed by atoms with Crippen molar-refractivity contribution in [1.82, 2.24) is 20.0 Å². The van der Waals surface area contributed by atoms with Crippen molar-refractivity contribution in [3.05, 3.63) is 63.4 Å². The second kappa shape index (κ2) is 5.93. The first-order valence-electron chi connectivity index (χ1n) is 7.59. The van der Waals surface area contributed by atoms with Gasteiger partial charge in [0.05, 0.1) is 22.8 Å². The number of benzene rings is 1. The van der Waals surface area contributed by atoms with E-state index in [0.29, 0.717) is 22.4 Å². The minimum Gasteiger partial charge on any atom is -0.306 e. The maximum Gasteiger partial charge on any atom is 0.333 e. The van der Waals surface area contributed by atoms with Crippen LogP contribution >= 0.6 is 0 Å². The van der Waals surface area contributed by atoms with E-state index in [1.807, 2.05) is 20.8 Å². The zero-order valence-corrected chi connectivity index (χ0v) is 13.8. The molecule has 0 radical (unpaired) electrons. The van der Waals surface area contributed by atoms with Crippen LogP contribution in [0, 0.1) is 0 Å². The van der Waals surface area contributed by atoms with E-state index in [1.54, 1.807) is 36.4 Å². The summed E-state index contributed by atoms with van der Waals surface area (Å²) in [6, 6.07) is 10.3. The number of fused-ring (bicyclic) bond motifs is 1. The van der Waals surface area contributed by atoms with Crippen LogP contribution in [-0.4, -0.2) is 20.1 Å². The predicted octanol–water partition coefficient (Wildman–Crippen LogP) is 1.79. The molecule has 0 saturated heterocycles. The molecule has 0 bridgehead atoms. The number of para-hydroxylation sites is 1. The van der Waals surface area contributed by atoms with Crippen LogP contribution in [0.1, 0.15) is 20.8 Å². The fourth-order valence-corrected chi connectivity index (χ4v) is 2.24. The summed E-state index contributed by atoms with van der Waals surface area (Å²) in [4.78, 5) is 31.8. The smallest absolute Gasteiger partial charge is 0.306 e. The van der Waals surface area contributed by atoms with Crippen molar-refractivity contribution in [1.29, 1.82) is 0 Å². The van der Waals surface area contributed by atoms with Gasteiger partial charge in [0, 0.05) is 5.54 Å². The van der Waals surface area contributed by atoms with Gasteiger partial charge in [-0.1, -0.05) is 12.1 Å². The van der Waals surface area contributed by atoms with E-state index in [0.717, 1.165) is 4.57 Å². The van der Waals surface area contributed by atoms with E-state index in [-0.39, 0.29) is 11.1 Å². The topological polar surface area (TPSA) is 91.8 Å². The Kier molecular flexibility index (Phi) is 3.94. The molecule has 24 heavy (non-hydrogen) atoms. The number of anilines is 1. The average Bonchev–Trinajstić information content (AvgIpc) is 2.53. The van der Waals surface area contributed by atoms with Gasteiger partial charge in [-0.15, -0.1) is 0 Å². The Hall–Kier alpha value is -2.93. The molecule has 0 fully saturated rings. The number of aromatic amines is 1. The lowest BCUT2D eigenvalue weighted by Gasteiger charge is -2.21. The second-order valence-electron chi connectivity index (χ2n) is 6.52. The monoisotopic (exact) mass is 325 g/mol. The zero-order valence-electron chi connectivity index (χ0n) is 13.8. The van der Waals surface area contributed by atoms with Crippen molar-refractivity contribution in [2.45, 2.75) is 26.3 Å². The highest BCUT2D eigenvalue weighted by atomic mass is 16.2. The lowest BCUT2D eigenvalue weighted by Crippen LogP contribution is -2.40. The predicted molar refractivity (Wildman–Crippen MR) is 94.5 cm³/mol. The quantitative estimate of drug-likeness (QED) is 0.639. The summed E-state index contributed by atoms with van der Waals surface area (Å²) in [5, 5.41) is 0.453. The molecule has 3 rings (SSSR count). The van der Waals surface area contributed by atoms with Crippen LogP contribution in [0.2, 0.25) is 0 Å². The third-order valence-corrected chi connectivity index (χ3v) is 3.38. The molecule has 7 heteroatoms. The lowest BCUT2D eigenvalue weighted by molar-refractivity contribution is 0.464. The van der Waals surface area contributed by atoms with Crippen LogP contribution in [-0.2, 0) is 0 Å². The SMILES string of the molecule is CC(C)(C)NNc1ccc(-n2c(=O)[nH]c3ccccc3c2=O)cn1. The first kappa shape index (κ1) is 15.9. The molecule has 7 nitrogen and oxygen atoms in total. The molecule has 3 N–H and O–H groups in total. The number of H-pyrrole nitrogens is 1. The summed E-state index contributed by atoms with van der Waals surface area (Å²) >= 11 is 0. The molecule has 2 heterocycles. The van der Waals surface area contributed by atoms with Gasteiger partial charge in [0.2, 0.25) is 0 Å². The van der Waals surface area contributed by atoms with Gasteiger partial charge in [0.1, 0.15) is 5.82 Å². The van der Waals surface area contributed by atoms with E-state index in [4.69, 9.17) is 0 Å². The summed E-state index contributed by atoms with van der Waals surface area (Å²) in [5.74, 6) is 0.596. The number of hydrazine groups is 1. The van der Waals surface area contributed by atoms with E-state index < -0.39 is 5.69 Å². The number of nitrogens with zero attached hydrogens (tertiary/aromatic N) is 2. The van der Waals surface area contributed by atoms with Gasteiger partial charge in [0.25, 0.3) is 5.56 Å². The third-order valence-electron chi connectivity index (χ3n) is 3.38. The molecule has 1 aromatic carbocycles. The molecule has 0 aliphatic heterocycles. The summed E-state index contributed by atoms with van der Waals surface area (Å²) in [6.07, 6.45) is 1.48. The highest BCUT2D eigenvalue weighted by Gasteiger charge is 2.11. The summed E-state index contributed by atoms with van der Waals surface area (Å²) in [6.45, 7) is 6.05. The van der Waals surface area contributed by atoms with Crippen LogP contribution in [0.25, 0.3) is 16.6 Å². The van der Waals surface area contributed by atoms with Crippen molar-refractivity contribution in [2.75, 3.05) is 5.43 Å². The van der Waals surface area contributed by atoms with E-state index in [1.165, 1.54) is 6.20 Å². The molecule has 0 amide bonds. The number of aromatic nitrogens is 3. The zero-order chi connectivity index (χ0) is 17.3. The fourth-order valence-electron chi connectivity index (χ4n) is 2.24. The van der Waals surface area contributed by atoms with Crippen molar-refractivity contribution in [2.24, 2.45) is 0 Å². The van der Waals surface area contributed by atoms with Gasteiger partial charge in [-0.05, 0) is 45.0 Å². The molecular weight excluding hydrogens is 306 g/mol. The van der Waals surface area contributed by atoms with Crippen LogP contribution in [0.15, 0.2) is 52.2 Å². The number of pyridine rings is 1. The molecule has 0 unspecified atom stereocenters. The molecule has 0 aliphatic carbocycles. The van der Waals surface area contributed by atoms with Crippen LogP contribution in [0.5, 0.6) is 0 Å². The van der Waals surface area contributed by atoms with E-state index in [2.05, 4.69) is 20.8 Å². The largest absolute Gasteiger partial charge is 0.333 e. The number of hydrogen-bond donors (Lipinski definition) is 3. The van der Waals surface area contributed by atoms with Crippen molar-refractivity contribution in [3.8, 4) is 5.69 Å². The van der Waals surface area contributed by atoms with Gasteiger partial charge in [-0.2, -0.15) is 0 Å². The fraction of sp³-hybridized carbons (Fsp3) is 0.235.